The highest BCUT2D eigenvalue weighted by Crippen LogP contribution is 2.32. The van der Waals surface area contributed by atoms with Crippen LogP contribution in [0.1, 0.15) is 5.56 Å². The molecule has 0 radical (unpaired) electrons. The molecule has 0 saturated heterocycles. The Hall–Kier alpha value is -1.83. The van der Waals surface area contributed by atoms with E-state index in [-0.39, 0.29) is 30.1 Å². The van der Waals surface area contributed by atoms with Gasteiger partial charge in [0.2, 0.25) is 0 Å². The molecule has 0 aliphatic carbocycles. The second-order valence-corrected chi connectivity index (χ2v) is 3.20. The van der Waals surface area contributed by atoms with Gasteiger partial charge in [0.15, 0.2) is 0 Å². The van der Waals surface area contributed by atoms with Crippen LogP contribution >= 0.6 is 0 Å². The molecule has 17 heavy (non-hydrogen) atoms. The van der Waals surface area contributed by atoms with Crippen LogP contribution in [0.3, 0.4) is 0 Å². The van der Waals surface area contributed by atoms with Crippen LogP contribution in [0.15, 0.2) is 16.8 Å². The van der Waals surface area contributed by atoms with Gasteiger partial charge in [0.25, 0.3) is 11.6 Å². The van der Waals surface area contributed by atoms with Crippen molar-refractivity contribution in [3.8, 4) is 5.88 Å². The maximum absolute atomic E-state index is 12.5. The highest BCUT2D eigenvalue weighted by Gasteiger charge is 2.32. The maximum Gasteiger partial charge on any atom is 0.417 e. The fourth-order valence-corrected chi connectivity index (χ4v) is 1.23. The molecule has 0 fully saturated rings. The lowest BCUT2D eigenvalue weighted by atomic mass is 10.2. The lowest BCUT2D eigenvalue weighted by Gasteiger charge is -2.05. The summed E-state index contributed by atoms with van der Waals surface area (Å²) in [5.41, 5.74) is 4.32. The van der Waals surface area contributed by atoms with Crippen LogP contribution in [0.25, 0.3) is 11.1 Å². The van der Waals surface area contributed by atoms with E-state index in [1.54, 1.807) is 0 Å². The normalized spacial score (nSPS) is 12.0. The molecule has 5 nitrogen and oxygen atoms in total. The van der Waals surface area contributed by atoms with Crippen molar-refractivity contribution in [2.75, 3.05) is 13.2 Å². The quantitative estimate of drug-likeness (QED) is 0.891. The fraction of sp³-hybridized carbons (Fsp3) is 0.333. The van der Waals surface area contributed by atoms with Gasteiger partial charge < -0.3 is 15.0 Å². The van der Waals surface area contributed by atoms with Gasteiger partial charge in [-0.15, -0.1) is 0 Å². The van der Waals surface area contributed by atoms with E-state index >= 15 is 0 Å². The Morgan fingerprint density at radius 2 is 2.18 bits per heavy atom. The molecule has 0 spiro atoms. The van der Waals surface area contributed by atoms with Gasteiger partial charge in [0, 0.05) is 12.7 Å². The number of hydrogen-bond acceptors (Lipinski definition) is 5. The summed E-state index contributed by atoms with van der Waals surface area (Å²) in [4.78, 5) is 3.52. The number of pyridine rings is 1. The van der Waals surface area contributed by atoms with Gasteiger partial charge in [-0.1, -0.05) is 0 Å². The summed E-state index contributed by atoms with van der Waals surface area (Å²) in [5, 5.41) is 3.55. The number of fused-ring (bicyclic) bond motifs is 1. The van der Waals surface area contributed by atoms with Crippen LogP contribution in [0.2, 0.25) is 0 Å². The zero-order chi connectivity index (χ0) is 12.5. The van der Waals surface area contributed by atoms with Gasteiger partial charge in [0.05, 0.1) is 5.56 Å². The van der Waals surface area contributed by atoms with Crippen LogP contribution in [-0.4, -0.2) is 23.3 Å². The van der Waals surface area contributed by atoms with E-state index in [4.69, 9.17) is 15.0 Å². The number of rotatable bonds is 3. The first-order valence-corrected chi connectivity index (χ1v) is 4.68. The SMILES string of the molecule is NCCOc1noc2ncc(C(F)(F)F)cc12. The number of ether oxygens (including phenoxy) is 1. The Balaban J connectivity index is 2.43. The van der Waals surface area contributed by atoms with E-state index in [1.807, 2.05) is 0 Å². The molecule has 0 unspecified atom stereocenters. The van der Waals surface area contributed by atoms with Gasteiger partial charge >= 0.3 is 6.18 Å². The first-order valence-electron chi connectivity index (χ1n) is 4.68. The molecular weight excluding hydrogens is 239 g/mol. The first kappa shape index (κ1) is 11.6. The minimum absolute atomic E-state index is 0.00924. The third kappa shape index (κ3) is 2.31. The van der Waals surface area contributed by atoms with Crippen molar-refractivity contribution < 1.29 is 22.4 Å². The van der Waals surface area contributed by atoms with Crippen molar-refractivity contribution in [1.82, 2.24) is 10.1 Å². The second kappa shape index (κ2) is 4.21. The summed E-state index contributed by atoms with van der Waals surface area (Å²) < 4.78 is 47.1. The predicted molar refractivity (Wildman–Crippen MR) is 51.4 cm³/mol. The fourth-order valence-electron chi connectivity index (χ4n) is 1.23. The molecule has 2 rings (SSSR count). The zero-order valence-electron chi connectivity index (χ0n) is 8.49. The highest BCUT2D eigenvalue weighted by atomic mass is 19.4. The summed E-state index contributed by atoms with van der Waals surface area (Å²) in [5.74, 6) is -0.0379. The van der Waals surface area contributed by atoms with E-state index < -0.39 is 11.7 Å². The van der Waals surface area contributed by atoms with Crippen molar-refractivity contribution in [1.29, 1.82) is 0 Å². The number of alkyl halides is 3. The van der Waals surface area contributed by atoms with Gasteiger partial charge in [-0.3, -0.25) is 0 Å². The summed E-state index contributed by atoms with van der Waals surface area (Å²) >= 11 is 0. The van der Waals surface area contributed by atoms with Gasteiger partial charge in [-0.25, -0.2) is 4.98 Å². The van der Waals surface area contributed by atoms with Crippen molar-refractivity contribution in [2.24, 2.45) is 5.73 Å². The topological polar surface area (TPSA) is 74.2 Å². The molecule has 0 aliphatic rings. The Labute approximate surface area is 93.3 Å². The number of halogens is 3. The molecule has 2 N–H and O–H groups in total. The molecule has 0 aliphatic heterocycles. The summed E-state index contributed by atoms with van der Waals surface area (Å²) in [6, 6.07) is 0.880. The average Bonchev–Trinajstić information content (AvgIpc) is 2.67. The van der Waals surface area contributed by atoms with Crippen LogP contribution in [0, 0.1) is 0 Å². The molecule has 2 aromatic heterocycles. The minimum Gasteiger partial charge on any atom is -0.474 e. The summed E-state index contributed by atoms with van der Waals surface area (Å²) in [7, 11) is 0. The molecule has 0 bridgehead atoms. The second-order valence-electron chi connectivity index (χ2n) is 3.20. The molecular formula is C9H8F3N3O2. The number of nitrogens with two attached hydrogens (primary N) is 1. The average molecular weight is 247 g/mol. The van der Waals surface area contributed by atoms with Crippen molar-refractivity contribution >= 4 is 11.1 Å². The van der Waals surface area contributed by atoms with Crippen molar-refractivity contribution in [3.05, 3.63) is 17.8 Å². The predicted octanol–water partition coefficient (Wildman–Crippen LogP) is 1.58. The van der Waals surface area contributed by atoms with E-state index in [9.17, 15) is 13.2 Å². The third-order valence-corrected chi connectivity index (χ3v) is 1.98. The van der Waals surface area contributed by atoms with Gasteiger partial charge in [0.1, 0.15) is 12.0 Å². The Bertz CT molecular complexity index is 524. The maximum atomic E-state index is 12.5. The molecule has 0 aromatic carbocycles. The number of aromatic nitrogens is 2. The Kier molecular flexibility index (Phi) is 2.88. The minimum atomic E-state index is -4.47. The van der Waals surface area contributed by atoms with Crippen LogP contribution < -0.4 is 10.5 Å². The molecule has 2 heterocycles. The highest BCUT2D eigenvalue weighted by molar-refractivity contribution is 5.79. The van der Waals surface area contributed by atoms with Gasteiger partial charge in [-0.2, -0.15) is 13.2 Å². The molecule has 8 heteroatoms. The summed E-state index contributed by atoms with van der Waals surface area (Å²) in [6.45, 7) is 0.360. The van der Waals surface area contributed by atoms with Gasteiger partial charge in [-0.05, 0) is 11.2 Å². The van der Waals surface area contributed by atoms with Crippen molar-refractivity contribution in [3.63, 3.8) is 0 Å². The lowest BCUT2D eigenvalue weighted by Crippen LogP contribution is -2.11. The van der Waals surface area contributed by atoms with E-state index in [2.05, 4.69) is 10.1 Å². The standard InChI is InChI=1S/C9H8F3N3O2/c10-9(11,12)5-3-6-7(14-4-5)17-15-8(6)16-2-1-13/h3-4H,1-2,13H2. The van der Waals surface area contributed by atoms with Crippen LogP contribution in [-0.2, 0) is 6.18 Å². The van der Waals surface area contributed by atoms with E-state index in [0.717, 1.165) is 6.07 Å². The largest absolute Gasteiger partial charge is 0.474 e. The lowest BCUT2D eigenvalue weighted by molar-refractivity contribution is -0.137. The molecule has 92 valence electrons. The van der Waals surface area contributed by atoms with E-state index in [0.29, 0.717) is 6.20 Å². The first-order chi connectivity index (χ1) is 8.02. The Morgan fingerprint density at radius 1 is 1.41 bits per heavy atom. The molecule has 0 saturated carbocycles. The molecule has 0 amide bonds. The Morgan fingerprint density at radius 3 is 2.82 bits per heavy atom. The third-order valence-electron chi connectivity index (χ3n) is 1.98. The molecule has 2 aromatic rings. The zero-order valence-corrected chi connectivity index (χ0v) is 8.49. The number of nitrogens with zero attached hydrogens (tertiary/aromatic N) is 2. The van der Waals surface area contributed by atoms with Crippen LogP contribution in [0.4, 0.5) is 13.2 Å². The van der Waals surface area contributed by atoms with Crippen LogP contribution in [0.5, 0.6) is 5.88 Å². The van der Waals surface area contributed by atoms with Crippen molar-refractivity contribution in [2.45, 2.75) is 6.18 Å². The van der Waals surface area contributed by atoms with E-state index in [1.165, 1.54) is 0 Å². The monoisotopic (exact) mass is 247 g/mol. The smallest absolute Gasteiger partial charge is 0.417 e. The summed E-state index contributed by atoms with van der Waals surface area (Å²) in [6.07, 6.45) is -3.79. The number of hydrogen-bond donors (Lipinski definition) is 1. The molecule has 0 atom stereocenters.